The summed E-state index contributed by atoms with van der Waals surface area (Å²) in [6.07, 6.45) is 18.7. The Balaban J connectivity index is 1.79. The molecule has 0 aliphatic heterocycles. The first-order chi connectivity index (χ1) is 10.8. The van der Waals surface area contributed by atoms with Crippen molar-refractivity contribution in [1.82, 2.24) is 15.3 Å². The van der Waals surface area contributed by atoms with E-state index >= 15 is 0 Å². The van der Waals surface area contributed by atoms with Crippen LogP contribution in [0.25, 0.3) is 0 Å². The minimum Gasteiger partial charge on any atom is -0.316 e. The number of unbranched alkanes of at least 4 members (excludes halogenated alkanes) is 9. The van der Waals surface area contributed by atoms with Crippen LogP contribution in [0.5, 0.6) is 0 Å². The van der Waals surface area contributed by atoms with Crippen LogP contribution in [0.4, 0.5) is 0 Å². The minimum atomic E-state index is 0.977. The molecule has 0 fully saturated rings. The van der Waals surface area contributed by atoms with Crippen molar-refractivity contribution in [1.29, 1.82) is 0 Å². The molecule has 1 aromatic rings. The lowest BCUT2D eigenvalue weighted by Crippen LogP contribution is -2.19. The molecule has 0 aliphatic rings. The second kappa shape index (κ2) is 13.7. The lowest BCUT2D eigenvalue weighted by Gasteiger charge is -2.05. The number of hydrogen-bond donors (Lipinski definition) is 1. The fourth-order valence-corrected chi connectivity index (χ4v) is 2.63. The van der Waals surface area contributed by atoms with Gasteiger partial charge in [0.25, 0.3) is 0 Å². The van der Waals surface area contributed by atoms with E-state index in [0.717, 1.165) is 30.9 Å². The molecule has 0 aliphatic carbocycles. The molecular weight excluding hydrogens is 270 g/mol. The van der Waals surface area contributed by atoms with Crippen molar-refractivity contribution in [3.8, 4) is 0 Å². The molecule has 0 radical (unpaired) electrons. The Kier molecular flexibility index (Phi) is 11.9. The molecule has 0 bridgehead atoms. The van der Waals surface area contributed by atoms with E-state index in [0.29, 0.717) is 0 Å². The molecule has 0 amide bonds. The smallest absolute Gasteiger partial charge is 0.0599 e. The Morgan fingerprint density at radius 1 is 0.773 bits per heavy atom. The third kappa shape index (κ3) is 10.7. The van der Waals surface area contributed by atoms with E-state index in [1.54, 1.807) is 0 Å². The molecule has 1 aromatic heterocycles. The van der Waals surface area contributed by atoms with E-state index in [-0.39, 0.29) is 0 Å². The van der Waals surface area contributed by atoms with Gasteiger partial charge in [0.1, 0.15) is 0 Å². The summed E-state index contributed by atoms with van der Waals surface area (Å²) in [6.45, 7) is 6.40. The van der Waals surface area contributed by atoms with Gasteiger partial charge in [0.2, 0.25) is 0 Å². The summed E-state index contributed by atoms with van der Waals surface area (Å²) in [5.41, 5.74) is 2.07. The highest BCUT2D eigenvalue weighted by Crippen LogP contribution is 2.10. The molecule has 1 rings (SSSR count). The van der Waals surface area contributed by atoms with Crippen LogP contribution in [-0.4, -0.2) is 23.1 Å². The van der Waals surface area contributed by atoms with Gasteiger partial charge in [-0.15, -0.1) is 0 Å². The molecule has 1 N–H and O–H groups in total. The number of hydrogen-bond acceptors (Lipinski definition) is 3. The third-order valence-corrected chi connectivity index (χ3v) is 4.10. The molecular formula is C19H35N3. The number of nitrogens with one attached hydrogen (secondary N) is 1. The lowest BCUT2D eigenvalue weighted by molar-refractivity contribution is 0.543. The largest absolute Gasteiger partial charge is 0.316 e. The number of nitrogens with zero attached hydrogens (tertiary/aromatic N) is 2. The normalized spacial score (nSPS) is 11.0. The average Bonchev–Trinajstić information content (AvgIpc) is 2.53. The van der Waals surface area contributed by atoms with Crippen LogP contribution in [-0.2, 0) is 6.42 Å². The SMILES string of the molecule is CCCCCCCCCCCCNCCc1cnc(C)cn1. The fraction of sp³-hybridized carbons (Fsp3) is 0.789. The van der Waals surface area contributed by atoms with Gasteiger partial charge in [-0.25, -0.2) is 0 Å². The van der Waals surface area contributed by atoms with E-state index in [2.05, 4.69) is 22.2 Å². The molecule has 126 valence electrons. The van der Waals surface area contributed by atoms with Gasteiger partial charge in [-0.1, -0.05) is 64.7 Å². The molecule has 0 spiro atoms. The van der Waals surface area contributed by atoms with Gasteiger partial charge in [-0.2, -0.15) is 0 Å². The van der Waals surface area contributed by atoms with Crippen molar-refractivity contribution in [2.75, 3.05) is 13.1 Å². The molecule has 1 heterocycles. The van der Waals surface area contributed by atoms with Crippen molar-refractivity contribution in [2.24, 2.45) is 0 Å². The zero-order valence-electron chi connectivity index (χ0n) is 14.7. The highest BCUT2D eigenvalue weighted by atomic mass is 14.9. The van der Waals surface area contributed by atoms with Crippen LogP contribution in [0.1, 0.15) is 82.5 Å². The summed E-state index contributed by atoms with van der Waals surface area (Å²) in [6, 6.07) is 0. The van der Waals surface area contributed by atoms with Crippen molar-refractivity contribution >= 4 is 0 Å². The Morgan fingerprint density at radius 3 is 2.00 bits per heavy atom. The molecule has 0 aromatic carbocycles. The topological polar surface area (TPSA) is 37.8 Å². The summed E-state index contributed by atoms with van der Waals surface area (Å²) in [5.74, 6) is 0. The van der Waals surface area contributed by atoms with Gasteiger partial charge in [0.15, 0.2) is 0 Å². The van der Waals surface area contributed by atoms with E-state index in [9.17, 15) is 0 Å². The number of aromatic nitrogens is 2. The highest BCUT2D eigenvalue weighted by Gasteiger charge is 1.96. The number of aryl methyl sites for hydroxylation is 1. The maximum absolute atomic E-state index is 4.37. The number of rotatable bonds is 14. The predicted octanol–water partition coefficient (Wildman–Crippen LogP) is 4.84. The summed E-state index contributed by atoms with van der Waals surface area (Å²) in [4.78, 5) is 8.64. The van der Waals surface area contributed by atoms with Gasteiger partial charge in [-0.05, 0) is 19.9 Å². The highest BCUT2D eigenvalue weighted by molar-refractivity contribution is 5.00. The van der Waals surface area contributed by atoms with Crippen LogP contribution in [0.3, 0.4) is 0 Å². The van der Waals surface area contributed by atoms with E-state index in [4.69, 9.17) is 0 Å². The second-order valence-corrected chi connectivity index (χ2v) is 6.33. The summed E-state index contributed by atoms with van der Waals surface area (Å²) >= 11 is 0. The van der Waals surface area contributed by atoms with Crippen molar-refractivity contribution in [3.63, 3.8) is 0 Å². The van der Waals surface area contributed by atoms with Gasteiger partial charge < -0.3 is 5.32 Å². The Morgan fingerprint density at radius 2 is 1.41 bits per heavy atom. The van der Waals surface area contributed by atoms with Crippen molar-refractivity contribution in [2.45, 2.75) is 84.5 Å². The monoisotopic (exact) mass is 305 g/mol. The molecule has 3 heteroatoms. The van der Waals surface area contributed by atoms with Crippen molar-refractivity contribution in [3.05, 3.63) is 23.8 Å². The average molecular weight is 306 g/mol. The van der Waals surface area contributed by atoms with E-state index in [1.807, 2.05) is 19.3 Å². The molecule has 0 saturated carbocycles. The van der Waals surface area contributed by atoms with Gasteiger partial charge in [0.05, 0.1) is 11.4 Å². The summed E-state index contributed by atoms with van der Waals surface area (Å²) in [7, 11) is 0. The maximum atomic E-state index is 4.37. The molecule has 0 atom stereocenters. The Labute approximate surface area is 137 Å². The fourth-order valence-electron chi connectivity index (χ4n) is 2.63. The standard InChI is InChI=1S/C19H35N3/c1-3-4-5-6-7-8-9-10-11-12-14-20-15-13-19-17-21-18(2)16-22-19/h16-17,20H,3-15H2,1-2H3. The zero-order chi connectivity index (χ0) is 15.9. The quantitative estimate of drug-likeness (QED) is 0.500. The molecule has 3 nitrogen and oxygen atoms in total. The zero-order valence-corrected chi connectivity index (χ0v) is 14.7. The van der Waals surface area contributed by atoms with Crippen molar-refractivity contribution < 1.29 is 0 Å². The first-order valence-corrected chi connectivity index (χ1v) is 9.31. The van der Waals surface area contributed by atoms with Crippen LogP contribution in [0, 0.1) is 6.92 Å². The van der Waals surface area contributed by atoms with E-state index < -0.39 is 0 Å². The molecule has 22 heavy (non-hydrogen) atoms. The summed E-state index contributed by atoms with van der Waals surface area (Å²) in [5, 5.41) is 3.51. The predicted molar refractivity (Wildman–Crippen MR) is 95.2 cm³/mol. The van der Waals surface area contributed by atoms with Crippen LogP contribution in [0.2, 0.25) is 0 Å². The first-order valence-electron chi connectivity index (χ1n) is 9.31. The maximum Gasteiger partial charge on any atom is 0.0599 e. The molecule has 0 saturated heterocycles. The van der Waals surface area contributed by atoms with E-state index in [1.165, 1.54) is 64.2 Å². The first kappa shape index (κ1) is 19.1. The second-order valence-electron chi connectivity index (χ2n) is 6.33. The third-order valence-electron chi connectivity index (χ3n) is 4.10. The summed E-state index contributed by atoms with van der Waals surface area (Å²) < 4.78 is 0. The van der Waals surface area contributed by atoms with Crippen LogP contribution in [0.15, 0.2) is 12.4 Å². The Bertz CT molecular complexity index is 348. The lowest BCUT2D eigenvalue weighted by atomic mass is 10.1. The van der Waals surface area contributed by atoms with Crippen LogP contribution < -0.4 is 5.32 Å². The Hall–Kier alpha value is -0.960. The van der Waals surface area contributed by atoms with Gasteiger partial charge in [-0.3, -0.25) is 9.97 Å². The molecule has 0 unspecified atom stereocenters. The van der Waals surface area contributed by atoms with Crippen LogP contribution >= 0.6 is 0 Å². The van der Waals surface area contributed by atoms with Gasteiger partial charge in [0, 0.05) is 25.4 Å². The van der Waals surface area contributed by atoms with Gasteiger partial charge >= 0.3 is 0 Å². The minimum absolute atomic E-state index is 0.977.